The fourth-order valence-corrected chi connectivity index (χ4v) is 2.40. The number of rotatable bonds is 8. The lowest BCUT2D eigenvalue weighted by molar-refractivity contribution is -0.111. The van der Waals surface area contributed by atoms with Gasteiger partial charge in [0.25, 0.3) is 0 Å². The summed E-state index contributed by atoms with van der Waals surface area (Å²) < 4.78 is 27.1. The van der Waals surface area contributed by atoms with Crippen LogP contribution in [0.25, 0.3) is 6.08 Å². The van der Waals surface area contributed by atoms with Gasteiger partial charge in [0.1, 0.15) is 0 Å². The maximum Gasteiger partial charge on any atom is 0.249 e. The van der Waals surface area contributed by atoms with Crippen molar-refractivity contribution < 1.29 is 13.6 Å². The zero-order chi connectivity index (χ0) is 18.3. The lowest BCUT2D eigenvalue weighted by Crippen LogP contribution is -2.10. The van der Waals surface area contributed by atoms with E-state index in [9.17, 15) is 13.6 Å². The Morgan fingerprint density at radius 2 is 2.08 bits per heavy atom. The third kappa shape index (κ3) is 7.05. The van der Waals surface area contributed by atoms with Gasteiger partial charge in [-0.25, -0.2) is 8.78 Å². The number of hydrogen-bond acceptors (Lipinski definition) is 2. The van der Waals surface area contributed by atoms with E-state index in [0.717, 1.165) is 12.5 Å². The standard InChI is InChI=1S/C18H20ClF2N3O/c1-18(20,21)11-4-5-12-24-13-10-16(23-24)22-17(25)9-8-14-6-2-3-7-15(14)19/h2-3,6-10,13H,4-5,11-12H2,1H3,(H,22,23,25)/b9-8+. The van der Waals surface area contributed by atoms with E-state index in [2.05, 4.69) is 10.4 Å². The van der Waals surface area contributed by atoms with Gasteiger partial charge in [-0.15, -0.1) is 0 Å². The summed E-state index contributed by atoms with van der Waals surface area (Å²) in [5.74, 6) is -2.54. The summed E-state index contributed by atoms with van der Waals surface area (Å²) in [5, 5.41) is 7.40. The highest BCUT2D eigenvalue weighted by molar-refractivity contribution is 6.32. The molecule has 0 fully saturated rings. The van der Waals surface area contributed by atoms with Crippen molar-refractivity contribution in [2.24, 2.45) is 0 Å². The summed E-state index contributed by atoms with van der Waals surface area (Å²) in [6.45, 7) is 1.45. The molecule has 1 heterocycles. The van der Waals surface area contributed by atoms with Gasteiger partial charge in [0.05, 0.1) is 0 Å². The number of carbonyl (C=O) groups is 1. The van der Waals surface area contributed by atoms with Crippen molar-refractivity contribution in [3.05, 3.63) is 53.2 Å². The molecule has 0 unspecified atom stereocenters. The highest BCUT2D eigenvalue weighted by Crippen LogP contribution is 2.20. The molecule has 0 aliphatic heterocycles. The minimum atomic E-state index is -2.63. The Hall–Kier alpha value is -2.21. The molecule has 1 N–H and O–H groups in total. The van der Waals surface area contributed by atoms with E-state index in [1.54, 1.807) is 35.2 Å². The Labute approximate surface area is 150 Å². The zero-order valence-electron chi connectivity index (χ0n) is 13.9. The van der Waals surface area contributed by atoms with Crippen molar-refractivity contribution in [2.45, 2.75) is 38.7 Å². The number of amides is 1. The van der Waals surface area contributed by atoms with E-state index in [1.807, 2.05) is 12.1 Å². The molecule has 1 aromatic carbocycles. The van der Waals surface area contributed by atoms with Crippen LogP contribution in [0.1, 0.15) is 31.7 Å². The molecule has 25 heavy (non-hydrogen) atoms. The Bertz CT molecular complexity index is 738. The molecule has 0 radical (unpaired) electrons. The summed E-state index contributed by atoms with van der Waals surface area (Å²) in [7, 11) is 0. The fourth-order valence-electron chi connectivity index (χ4n) is 2.21. The molecule has 0 saturated carbocycles. The first-order valence-electron chi connectivity index (χ1n) is 7.98. The van der Waals surface area contributed by atoms with Crippen molar-refractivity contribution in [3.8, 4) is 0 Å². The van der Waals surface area contributed by atoms with Crippen LogP contribution in [-0.4, -0.2) is 21.6 Å². The van der Waals surface area contributed by atoms with Gasteiger partial charge in [-0.1, -0.05) is 29.8 Å². The van der Waals surface area contributed by atoms with Crippen LogP contribution in [0.5, 0.6) is 0 Å². The molecular weight excluding hydrogens is 348 g/mol. The number of aromatic nitrogens is 2. The predicted octanol–water partition coefficient (Wildman–Crippen LogP) is 5.01. The molecule has 0 aliphatic rings. The van der Waals surface area contributed by atoms with Gasteiger partial charge in [0.15, 0.2) is 5.82 Å². The van der Waals surface area contributed by atoms with Crippen LogP contribution < -0.4 is 5.32 Å². The van der Waals surface area contributed by atoms with Gasteiger partial charge >= 0.3 is 0 Å². The molecule has 134 valence electrons. The molecule has 0 atom stereocenters. The summed E-state index contributed by atoms with van der Waals surface area (Å²) in [6.07, 6.45) is 5.60. The van der Waals surface area contributed by atoms with Crippen LogP contribution in [0.4, 0.5) is 14.6 Å². The van der Waals surface area contributed by atoms with Crippen molar-refractivity contribution in [2.75, 3.05) is 5.32 Å². The van der Waals surface area contributed by atoms with Crippen LogP contribution in [-0.2, 0) is 11.3 Å². The molecule has 4 nitrogen and oxygen atoms in total. The van der Waals surface area contributed by atoms with Gasteiger partial charge in [0.2, 0.25) is 11.8 Å². The summed E-state index contributed by atoms with van der Waals surface area (Å²) in [5.41, 5.74) is 0.748. The van der Waals surface area contributed by atoms with E-state index >= 15 is 0 Å². The average Bonchev–Trinajstić information content (AvgIpc) is 2.97. The molecule has 1 amide bonds. The second-order valence-corrected chi connectivity index (χ2v) is 6.24. The molecule has 0 aliphatic carbocycles. The van der Waals surface area contributed by atoms with Crippen LogP contribution in [0.15, 0.2) is 42.6 Å². The number of nitrogens with zero attached hydrogens (tertiary/aromatic N) is 2. The average molecular weight is 368 g/mol. The van der Waals surface area contributed by atoms with E-state index < -0.39 is 5.92 Å². The quantitative estimate of drug-likeness (QED) is 0.526. The number of aryl methyl sites for hydroxylation is 1. The van der Waals surface area contributed by atoms with Gasteiger partial charge < -0.3 is 5.32 Å². The lowest BCUT2D eigenvalue weighted by atomic mass is 10.1. The van der Waals surface area contributed by atoms with Gasteiger partial charge in [-0.2, -0.15) is 5.10 Å². The highest BCUT2D eigenvalue weighted by Gasteiger charge is 2.19. The van der Waals surface area contributed by atoms with Gasteiger partial charge in [0, 0.05) is 36.3 Å². The topological polar surface area (TPSA) is 46.9 Å². The number of alkyl halides is 2. The van der Waals surface area contributed by atoms with E-state index in [1.165, 1.54) is 6.08 Å². The van der Waals surface area contributed by atoms with Crippen molar-refractivity contribution >= 4 is 29.4 Å². The maximum absolute atomic E-state index is 12.7. The molecule has 0 spiro atoms. The van der Waals surface area contributed by atoms with Gasteiger partial charge in [-0.3, -0.25) is 9.48 Å². The first kappa shape index (κ1) is 19.1. The number of halogens is 3. The number of unbranched alkanes of at least 4 members (excludes halogenated alkanes) is 1. The SMILES string of the molecule is CC(F)(F)CCCCn1ccc(NC(=O)/C=C/c2ccccc2Cl)n1. The molecule has 0 saturated heterocycles. The third-order valence-electron chi connectivity index (χ3n) is 3.46. The van der Waals surface area contributed by atoms with Crippen LogP contribution >= 0.6 is 11.6 Å². The molecule has 2 aromatic rings. The smallest absolute Gasteiger partial charge is 0.249 e. The van der Waals surface area contributed by atoms with Gasteiger partial charge in [-0.05, 0) is 37.5 Å². The number of carbonyl (C=O) groups excluding carboxylic acids is 1. The monoisotopic (exact) mass is 367 g/mol. The number of anilines is 1. The minimum absolute atomic E-state index is 0.134. The minimum Gasteiger partial charge on any atom is -0.306 e. The zero-order valence-corrected chi connectivity index (χ0v) is 14.6. The normalized spacial score (nSPS) is 11.8. The summed E-state index contributed by atoms with van der Waals surface area (Å²) in [4.78, 5) is 11.9. The Morgan fingerprint density at radius 3 is 2.80 bits per heavy atom. The number of hydrogen-bond donors (Lipinski definition) is 1. The molecule has 7 heteroatoms. The summed E-state index contributed by atoms with van der Waals surface area (Å²) in [6, 6.07) is 8.86. The van der Waals surface area contributed by atoms with Crippen molar-refractivity contribution in [1.29, 1.82) is 0 Å². The van der Waals surface area contributed by atoms with E-state index in [-0.39, 0.29) is 12.3 Å². The Balaban J connectivity index is 1.80. The summed E-state index contributed by atoms with van der Waals surface area (Å²) >= 11 is 6.01. The molecular formula is C18H20ClF2N3O. The van der Waals surface area contributed by atoms with Crippen molar-refractivity contribution in [3.63, 3.8) is 0 Å². The first-order chi connectivity index (χ1) is 11.8. The van der Waals surface area contributed by atoms with Crippen LogP contribution in [0.2, 0.25) is 5.02 Å². The molecule has 2 rings (SSSR count). The predicted molar refractivity (Wildman–Crippen MR) is 95.8 cm³/mol. The number of benzene rings is 1. The Kier molecular flexibility index (Phi) is 6.70. The first-order valence-corrected chi connectivity index (χ1v) is 8.36. The van der Waals surface area contributed by atoms with Crippen molar-refractivity contribution in [1.82, 2.24) is 9.78 Å². The van der Waals surface area contributed by atoms with Crippen LogP contribution in [0.3, 0.4) is 0 Å². The second kappa shape index (κ2) is 8.76. The lowest BCUT2D eigenvalue weighted by Gasteiger charge is -2.09. The van der Waals surface area contributed by atoms with Crippen LogP contribution in [0, 0.1) is 0 Å². The maximum atomic E-state index is 12.7. The Morgan fingerprint density at radius 1 is 1.32 bits per heavy atom. The second-order valence-electron chi connectivity index (χ2n) is 5.84. The number of nitrogens with one attached hydrogen (secondary N) is 1. The fraction of sp³-hybridized carbons (Fsp3) is 0.333. The van der Waals surface area contributed by atoms with E-state index in [0.29, 0.717) is 30.2 Å². The highest BCUT2D eigenvalue weighted by atomic mass is 35.5. The third-order valence-corrected chi connectivity index (χ3v) is 3.81. The molecule has 1 aromatic heterocycles. The molecule has 0 bridgehead atoms. The largest absolute Gasteiger partial charge is 0.306 e. The van der Waals surface area contributed by atoms with E-state index in [4.69, 9.17) is 11.6 Å².